The summed E-state index contributed by atoms with van der Waals surface area (Å²) in [6, 6.07) is 6.38. The molecule has 0 aliphatic rings. The van der Waals surface area contributed by atoms with Crippen molar-refractivity contribution in [1.29, 1.82) is 0 Å². The number of hydrogen-bond donors (Lipinski definition) is 0. The molecule has 0 saturated heterocycles. The van der Waals surface area contributed by atoms with Crippen molar-refractivity contribution < 1.29 is 26.7 Å². The molecule has 0 aliphatic heterocycles. The molecule has 7 nitrogen and oxygen atoms in total. The Balaban J connectivity index is 2.11. The molecule has 0 N–H and O–H groups in total. The third-order valence-corrected chi connectivity index (χ3v) is 6.71. The van der Waals surface area contributed by atoms with Crippen LogP contribution in [0.4, 0.5) is 13.9 Å². The van der Waals surface area contributed by atoms with Gasteiger partial charge in [-0.15, -0.1) is 0 Å². The molecule has 0 bridgehead atoms. The molecule has 2 aromatic carbocycles. The number of sulfonamides is 1. The van der Waals surface area contributed by atoms with Crippen LogP contribution in [0.1, 0.15) is 11.1 Å². The minimum atomic E-state index is -4.42. The molecule has 11 heteroatoms. The molecule has 154 valence electrons. The van der Waals surface area contributed by atoms with E-state index in [1.165, 1.54) is 27.5 Å². The molecule has 1 heterocycles. The largest absolute Gasteiger partial charge is 0.497 e. The van der Waals surface area contributed by atoms with Crippen LogP contribution < -0.4 is 13.8 Å². The molecule has 3 rings (SSSR count). The second-order valence-corrected chi connectivity index (χ2v) is 8.53. The lowest BCUT2D eigenvalue weighted by Gasteiger charge is -2.23. The van der Waals surface area contributed by atoms with Crippen molar-refractivity contribution in [3.05, 3.63) is 59.4 Å². The Morgan fingerprint density at radius 2 is 1.86 bits per heavy atom. The first-order valence-electron chi connectivity index (χ1n) is 8.24. The summed E-state index contributed by atoms with van der Waals surface area (Å²) >= 11 is 0.830. The molecular formula is C18H17F2N3O4S2. The number of benzene rings is 2. The van der Waals surface area contributed by atoms with Crippen LogP contribution in [0.3, 0.4) is 0 Å². The molecule has 0 spiro atoms. The zero-order valence-corrected chi connectivity index (χ0v) is 17.4. The van der Waals surface area contributed by atoms with E-state index in [1.54, 1.807) is 18.2 Å². The topological polar surface area (TPSA) is 81.6 Å². The molecule has 3 aromatic rings. The van der Waals surface area contributed by atoms with Gasteiger partial charge in [-0.2, -0.15) is 4.37 Å². The normalized spacial score (nSPS) is 11.3. The predicted octanol–water partition coefficient (Wildman–Crippen LogP) is 3.54. The smallest absolute Gasteiger partial charge is 0.269 e. The van der Waals surface area contributed by atoms with Gasteiger partial charge in [-0.1, -0.05) is 0 Å². The third kappa shape index (κ3) is 4.15. The lowest BCUT2D eigenvalue weighted by Crippen LogP contribution is -2.31. The first-order valence-corrected chi connectivity index (χ1v) is 10.4. The van der Waals surface area contributed by atoms with Crippen molar-refractivity contribution >= 4 is 26.7 Å². The van der Waals surface area contributed by atoms with Crippen molar-refractivity contribution in [1.82, 2.24) is 9.36 Å². The van der Waals surface area contributed by atoms with Gasteiger partial charge >= 0.3 is 0 Å². The van der Waals surface area contributed by atoms with Gasteiger partial charge in [0.1, 0.15) is 34.4 Å². The first-order chi connectivity index (χ1) is 13.8. The Kier molecular flexibility index (Phi) is 5.99. The van der Waals surface area contributed by atoms with Gasteiger partial charge in [0.25, 0.3) is 10.0 Å². The van der Waals surface area contributed by atoms with Crippen LogP contribution >= 0.6 is 11.5 Å². The summed E-state index contributed by atoms with van der Waals surface area (Å²) in [7, 11) is -1.49. The second-order valence-electron chi connectivity index (χ2n) is 5.95. The molecule has 0 radical (unpaired) electrons. The van der Waals surface area contributed by atoms with Crippen molar-refractivity contribution in [2.75, 3.05) is 18.5 Å². The van der Waals surface area contributed by atoms with E-state index in [1.807, 2.05) is 0 Å². The third-order valence-electron chi connectivity index (χ3n) is 4.15. The van der Waals surface area contributed by atoms with Gasteiger partial charge < -0.3 is 9.47 Å². The lowest BCUT2D eigenvalue weighted by atomic mass is 10.2. The highest BCUT2D eigenvalue weighted by Gasteiger charge is 2.31. The summed E-state index contributed by atoms with van der Waals surface area (Å²) in [6.07, 6.45) is 1.19. The maximum Gasteiger partial charge on any atom is 0.269 e. The summed E-state index contributed by atoms with van der Waals surface area (Å²) in [6.45, 7) is 1.15. The fourth-order valence-electron chi connectivity index (χ4n) is 2.62. The van der Waals surface area contributed by atoms with Crippen molar-refractivity contribution in [2.24, 2.45) is 0 Å². The van der Waals surface area contributed by atoms with Crippen LogP contribution in [0.25, 0.3) is 0 Å². The fourth-order valence-corrected chi connectivity index (χ4v) is 4.88. The monoisotopic (exact) mass is 441 g/mol. The van der Waals surface area contributed by atoms with Gasteiger partial charge in [-0.05, 0) is 30.7 Å². The maximum absolute atomic E-state index is 14.4. The highest BCUT2D eigenvalue weighted by Crippen LogP contribution is 2.32. The Labute approximate surface area is 170 Å². The fraction of sp³-hybridized carbons (Fsp3) is 0.222. The molecule has 0 fully saturated rings. The van der Waals surface area contributed by atoms with E-state index in [9.17, 15) is 17.2 Å². The summed E-state index contributed by atoms with van der Waals surface area (Å²) in [4.78, 5) is 3.30. The van der Waals surface area contributed by atoms with Gasteiger partial charge in [0.15, 0.2) is 0 Å². The SMILES string of the molecule is COc1ccc(CN(c2ncns2)S(=O)(=O)c2cc(C)c(F)cc2F)c(OC)c1. The Hall–Kier alpha value is -2.79. The van der Waals surface area contributed by atoms with Crippen molar-refractivity contribution in [2.45, 2.75) is 18.4 Å². The van der Waals surface area contributed by atoms with Crippen LogP contribution in [0.15, 0.2) is 41.6 Å². The number of aromatic nitrogens is 2. The van der Waals surface area contributed by atoms with E-state index in [-0.39, 0.29) is 17.2 Å². The van der Waals surface area contributed by atoms with E-state index in [0.29, 0.717) is 23.1 Å². The molecule has 0 unspecified atom stereocenters. The summed E-state index contributed by atoms with van der Waals surface area (Å²) < 4.78 is 69.8. The number of ether oxygens (including phenoxy) is 2. The number of nitrogens with zero attached hydrogens (tertiary/aromatic N) is 3. The van der Waals surface area contributed by atoms with Crippen LogP contribution in [0.2, 0.25) is 0 Å². The van der Waals surface area contributed by atoms with E-state index in [2.05, 4.69) is 9.36 Å². The molecule has 0 aliphatic carbocycles. The van der Waals surface area contributed by atoms with Gasteiger partial charge in [-0.3, -0.25) is 0 Å². The molecule has 1 aromatic heterocycles. The van der Waals surface area contributed by atoms with Gasteiger partial charge in [-0.25, -0.2) is 26.5 Å². The van der Waals surface area contributed by atoms with Crippen LogP contribution in [-0.2, 0) is 16.6 Å². The number of hydrogen-bond acceptors (Lipinski definition) is 7. The lowest BCUT2D eigenvalue weighted by molar-refractivity contribution is 0.391. The van der Waals surface area contributed by atoms with E-state index in [4.69, 9.17) is 9.47 Å². The highest BCUT2D eigenvalue weighted by molar-refractivity contribution is 7.93. The molecule has 29 heavy (non-hydrogen) atoms. The zero-order valence-electron chi connectivity index (χ0n) is 15.7. The molecule has 0 atom stereocenters. The number of aryl methyl sites for hydroxylation is 1. The van der Waals surface area contributed by atoms with Crippen molar-refractivity contribution in [3.8, 4) is 11.5 Å². The Morgan fingerprint density at radius 1 is 1.10 bits per heavy atom. The van der Waals surface area contributed by atoms with Crippen LogP contribution in [0.5, 0.6) is 11.5 Å². The second kappa shape index (κ2) is 8.29. The summed E-state index contributed by atoms with van der Waals surface area (Å²) in [5.41, 5.74) is 0.496. The van der Waals surface area contributed by atoms with Crippen LogP contribution in [-0.4, -0.2) is 32.0 Å². The van der Waals surface area contributed by atoms with E-state index >= 15 is 0 Å². The Bertz CT molecular complexity index is 1120. The molecule has 0 saturated carbocycles. The Morgan fingerprint density at radius 3 is 2.48 bits per heavy atom. The minimum Gasteiger partial charge on any atom is -0.497 e. The maximum atomic E-state index is 14.4. The minimum absolute atomic E-state index is 0.00390. The molecule has 0 amide bonds. The zero-order chi connectivity index (χ0) is 21.2. The number of rotatable bonds is 7. The number of anilines is 1. The number of methoxy groups -OCH3 is 2. The van der Waals surface area contributed by atoms with E-state index < -0.39 is 26.6 Å². The van der Waals surface area contributed by atoms with Gasteiger partial charge in [0.05, 0.1) is 20.8 Å². The average molecular weight is 441 g/mol. The standard InChI is InChI=1S/C18H17F2N3O4S2/c1-11-6-17(15(20)8-14(11)19)29(24,25)23(18-21-10-22-28-18)9-12-4-5-13(26-2)7-16(12)27-3/h4-8,10H,9H2,1-3H3. The molecular weight excluding hydrogens is 424 g/mol. The van der Waals surface area contributed by atoms with E-state index in [0.717, 1.165) is 21.9 Å². The first kappa shape index (κ1) is 20.9. The highest BCUT2D eigenvalue weighted by atomic mass is 32.2. The predicted molar refractivity (Wildman–Crippen MR) is 104 cm³/mol. The van der Waals surface area contributed by atoms with Crippen LogP contribution in [0, 0.1) is 18.6 Å². The summed E-state index contributed by atoms with van der Waals surface area (Å²) in [5.74, 6) is -1.12. The quantitative estimate of drug-likeness (QED) is 0.558. The number of halogens is 2. The van der Waals surface area contributed by atoms with Crippen molar-refractivity contribution in [3.63, 3.8) is 0 Å². The van der Waals surface area contributed by atoms with Gasteiger partial charge in [0, 0.05) is 29.2 Å². The summed E-state index contributed by atoms with van der Waals surface area (Å²) in [5, 5.41) is 0.0317. The van der Waals surface area contributed by atoms with Gasteiger partial charge in [0.2, 0.25) is 5.13 Å². The average Bonchev–Trinajstić information content (AvgIpc) is 3.22.